The van der Waals surface area contributed by atoms with Gasteiger partial charge in [0.15, 0.2) is 0 Å². The van der Waals surface area contributed by atoms with E-state index in [1.54, 1.807) is 12.1 Å². The molecule has 1 aromatic rings. The summed E-state index contributed by atoms with van der Waals surface area (Å²) in [6.07, 6.45) is 0. The number of hydrogen-bond donors (Lipinski definition) is 1. The second-order valence-corrected chi connectivity index (χ2v) is 2.74. The van der Waals surface area contributed by atoms with Crippen LogP contribution < -0.4 is 10.5 Å². The largest absolute Gasteiger partial charge is 0.495 e. The summed E-state index contributed by atoms with van der Waals surface area (Å²) in [4.78, 5) is 22.5. The van der Waals surface area contributed by atoms with Gasteiger partial charge in [0.25, 0.3) is 5.78 Å². The van der Waals surface area contributed by atoms with Crippen LogP contribution >= 0.6 is 0 Å². The van der Waals surface area contributed by atoms with Crippen molar-refractivity contribution in [1.82, 2.24) is 0 Å². The number of carbonyl (C=O) groups is 2. The number of carbonyl (C=O) groups excluding carboxylic acids is 2. The Hall–Kier alpha value is -2.04. The smallest absolute Gasteiger partial charge is 0.379 e. The third kappa shape index (κ3) is 3.48. The number of para-hydroxylation sites is 1. The molecule has 0 radical (unpaired) electrons. The van der Waals surface area contributed by atoms with Gasteiger partial charge in [0, 0.05) is 0 Å². The number of anilines is 1. The van der Waals surface area contributed by atoms with Gasteiger partial charge >= 0.3 is 5.97 Å². The molecule has 2 N–H and O–H groups in total. The maximum Gasteiger partial charge on any atom is 0.379 e. The molecule has 0 spiro atoms. The molecule has 0 saturated heterocycles. The first-order valence-electron chi connectivity index (χ1n) is 5.17. The molecule has 0 aliphatic carbocycles. The van der Waals surface area contributed by atoms with Gasteiger partial charge in [-0.2, -0.15) is 0 Å². The van der Waals surface area contributed by atoms with E-state index in [1.165, 1.54) is 13.2 Å². The summed E-state index contributed by atoms with van der Waals surface area (Å²) in [7, 11) is 2.56. The molecule has 5 heteroatoms. The summed E-state index contributed by atoms with van der Waals surface area (Å²) in [5.41, 5.74) is 5.85. The van der Waals surface area contributed by atoms with Gasteiger partial charge in [0.2, 0.25) is 0 Å². The second kappa shape index (κ2) is 7.27. The normalized spacial score (nSPS) is 8.71. The molecule has 0 atom stereocenters. The highest BCUT2D eigenvalue weighted by molar-refractivity contribution is 6.41. The number of methoxy groups -OCH3 is 2. The predicted molar refractivity (Wildman–Crippen MR) is 65.1 cm³/mol. The average Bonchev–Trinajstić information content (AvgIpc) is 2.39. The molecule has 0 aromatic heterocycles. The molecule has 0 bridgehead atoms. The van der Waals surface area contributed by atoms with Crippen LogP contribution in [0.4, 0.5) is 5.69 Å². The molecular formula is C12H17NO4. The van der Waals surface area contributed by atoms with E-state index in [1.807, 2.05) is 13.8 Å². The Labute approximate surface area is 101 Å². The SMILES string of the molecule is CC.COC(=O)C(=O)c1cccc(OC)c1N. The summed E-state index contributed by atoms with van der Waals surface area (Å²) < 4.78 is 9.23. The molecule has 0 aliphatic rings. The zero-order chi connectivity index (χ0) is 13.4. The fourth-order valence-corrected chi connectivity index (χ4v) is 1.12. The summed E-state index contributed by atoms with van der Waals surface area (Å²) in [6.45, 7) is 4.00. The van der Waals surface area contributed by atoms with Crippen molar-refractivity contribution in [3.8, 4) is 5.75 Å². The second-order valence-electron chi connectivity index (χ2n) is 2.74. The predicted octanol–water partition coefficient (Wildman–Crippen LogP) is 1.66. The van der Waals surface area contributed by atoms with Gasteiger partial charge in [0.1, 0.15) is 5.75 Å². The minimum absolute atomic E-state index is 0.0844. The van der Waals surface area contributed by atoms with E-state index in [4.69, 9.17) is 10.5 Å². The number of rotatable bonds is 3. The minimum atomic E-state index is -0.949. The quantitative estimate of drug-likeness (QED) is 0.375. The number of nitrogen functional groups attached to an aromatic ring is 1. The molecule has 17 heavy (non-hydrogen) atoms. The van der Waals surface area contributed by atoms with E-state index >= 15 is 0 Å². The van der Waals surface area contributed by atoms with E-state index in [0.29, 0.717) is 5.75 Å². The fraction of sp³-hybridized carbons (Fsp3) is 0.333. The summed E-state index contributed by atoms with van der Waals surface area (Å²) in [5.74, 6) is -1.38. The molecular weight excluding hydrogens is 222 g/mol. The van der Waals surface area contributed by atoms with Crippen LogP contribution in [0.25, 0.3) is 0 Å². The fourth-order valence-electron chi connectivity index (χ4n) is 1.12. The van der Waals surface area contributed by atoms with Crippen LogP contribution in [0.2, 0.25) is 0 Å². The number of benzene rings is 1. The van der Waals surface area contributed by atoms with Crippen molar-refractivity contribution >= 4 is 17.4 Å². The topological polar surface area (TPSA) is 78.6 Å². The Balaban J connectivity index is 0.00000121. The van der Waals surface area contributed by atoms with Crippen LogP contribution in [-0.2, 0) is 9.53 Å². The third-order valence-corrected chi connectivity index (χ3v) is 1.90. The van der Waals surface area contributed by atoms with Crippen molar-refractivity contribution in [1.29, 1.82) is 0 Å². The van der Waals surface area contributed by atoms with Crippen molar-refractivity contribution in [2.75, 3.05) is 20.0 Å². The third-order valence-electron chi connectivity index (χ3n) is 1.90. The standard InChI is InChI=1S/C10H11NO4.C2H6/c1-14-7-5-3-4-6(8(7)11)9(12)10(13)15-2;1-2/h3-5H,11H2,1-2H3;1-2H3. The maximum atomic E-state index is 11.5. The first-order chi connectivity index (χ1) is 8.11. The molecule has 1 rings (SSSR count). The number of ether oxygens (including phenoxy) is 2. The van der Waals surface area contributed by atoms with Crippen LogP contribution in [0.1, 0.15) is 24.2 Å². The first-order valence-corrected chi connectivity index (χ1v) is 5.17. The Kier molecular flexibility index (Phi) is 6.40. The van der Waals surface area contributed by atoms with E-state index in [9.17, 15) is 9.59 Å². The molecule has 5 nitrogen and oxygen atoms in total. The maximum absolute atomic E-state index is 11.5. The van der Waals surface area contributed by atoms with Crippen molar-refractivity contribution in [3.05, 3.63) is 23.8 Å². The highest BCUT2D eigenvalue weighted by Gasteiger charge is 2.20. The molecule has 0 heterocycles. The highest BCUT2D eigenvalue weighted by Crippen LogP contribution is 2.25. The van der Waals surface area contributed by atoms with Gasteiger partial charge in [-0.3, -0.25) is 4.79 Å². The molecule has 94 valence electrons. The number of Topliss-reactive ketones (excluding diaryl/α,β-unsaturated/α-hetero) is 1. The van der Waals surface area contributed by atoms with E-state index in [2.05, 4.69) is 4.74 Å². The molecule has 0 amide bonds. The molecule has 0 unspecified atom stereocenters. The lowest BCUT2D eigenvalue weighted by molar-refractivity contribution is -0.135. The lowest BCUT2D eigenvalue weighted by Crippen LogP contribution is -2.17. The minimum Gasteiger partial charge on any atom is -0.495 e. The van der Waals surface area contributed by atoms with Crippen LogP contribution in [0.5, 0.6) is 5.75 Å². The number of esters is 1. The summed E-state index contributed by atoms with van der Waals surface area (Å²) in [5, 5.41) is 0. The van der Waals surface area contributed by atoms with Gasteiger partial charge in [-0.25, -0.2) is 4.79 Å². The Morgan fingerprint density at radius 3 is 2.24 bits per heavy atom. The van der Waals surface area contributed by atoms with Gasteiger partial charge in [-0.05, 0) is 12.1 Å². The van der Waals surface area contributed by atoms with Gasteiger partial charge in [-0.15, -0.1) is 0 Å². The first kappa shape index (κ1) is 15.0. The highest BCUT2D eigenvalue weighted by atomic mass is 16.5. The zero-order valence-corrected chi connectivity index (χ0v) is 10.4. The van der Waals surface area contributed by atoms with Crippen LogP contribution in [0.3, 0.4) is 0 Å². The van der Waals surface area contributed by atoms with Crippen LogP contribution in [0, 0.1) is 0 Å². The number of hydrogen-bond acceptors (Lipinski definition) is 5. The summed E-state index contributed by atoms with van der Waals surface area (Å²) in [6, 6.07) is 4.62. The number of nitrogens with two attached hydrogens (primary N) is 1. The van der Waals surface area contributed by atoms with Crippen molar-refractivity contribution in [3.63, 3.8) is 0 Å². The van der Waals surface area contributed by atoms with Crippen molar-refractivity contribution in [2.45, 2.75) is 13.8 Å². The Morgan fingerprint density at radius 1 is 1.18 bits per heavy atom. The molecule has 0 saturated carbocycles. The zero-order valence-electron chi connectivity index (χ0n) is 10.4. The number of ketones is 1. The molecule has 0 aliphatic heterocycles. The van der Waals surface area contributed by atoms with E-state index in [0.717, 1.165) is 7.11 Å². The monoisotopic (exact) mass is 239 g/mol. The summed E-state index contributed by atoms with van der Waals surface area (Å²) >= 11 is 0. The van der Waals surface area contributed by atoms with Crippen molar-refractivity contribution < 1.29 is 19.1 Å². The lowest BCUT2D eigenvalue weighted by Gasteiger charge is -2.07. The lowest BCUT2D eigenvalue weighted by atomic mass is 10.1. The Bertz CT molecular complexity index is 401. The van der Waals surface area contributed by atoms with Gasteiger partial charge in [-0.1, -0.05) is 19.9 Å². The molecule has 0 fully saturated rings. The Morgan fingerprint density at radius 2 is 1.76 bits per heavy atom. The van der Waals surface area contributed by atoms with E-state index < -0.39 is 11.8 Å². The average molecular weight is 239 g/mol. The molecule has 1 aromatic carbocycles. The van der Waals surface area contributed by atoms with Crippen LogP contribution in [0.15, 0.2) is 18.2 Å². The van der Waals surface area contributed by atoms with Gasteiger partial charge < -0.3 is 15.2 Å². The van der Waals surface area contributed by atoms with Crippen LogP contribution in [-0.4, -0.2) is 26.0 Å². The van der Waals surface area contributed by atoms with Crippen molar-refractivity contribution in [2.24, 2.45) is 0 Å². The van der Waals surface area contributed by atoms with E-state index in [-0.39, 0.29) is 11.3 Å². The van der Waals surface area contributed by atoms with Gasteiger partial charge in [0.05, 0.1) is 25.5 Å².